The smallest absolute Gasteiger partial charge is 0.416 e. The van der Waals surface area contributed by atoms with Crippen molar-refractivity contribution in [2.75, 3.05) is 0 Å². The van der Waals surface area contributed by atoms with Crippen LogP contribution in [0, 0.1) is 0 Å². The van der Waals surface area contributed by atoms with Gasteiger partial charge in [-0.2, -0.15) is 39.5 Å². The van der Waals surface area contributed by atoms with Gasteiger partial charge in [-0.05, 0) is 0 Å². The fourth-order valence-electron chi connectivity index (χ4n) is 0. The zero-order chi connectivity index (χ0) is 18.2. The third-order valence-corrected chi connectivity index (χ3v) is 1.70. The van der Waals surface area contributed by atoms with Crippen LogP contribution in [0.3, 0.4) is 0 Å². The van der Waals surface area contributed by atoms with Crippen LogP contribution in [-0.2, 0) is 74.4 Å². The molecule has 0 heterocycles. The van der Waals surface area contributed by atoms with Crippen molar-refractivity contribution in [3.63, 3.8) is 0 Å². The second-order valence-corrected chi connectivity index (χ2v) is 4.84. The predicted octanol–water partition coefficient (Wildman–Crippen LogP) is 2.44. The van der Waals surface area contributed by atoms with E-state index < -0.39 is 48.6 Å². The molecule has 22 heavy (non-hydrogen) atoms. The molecule has 0 saturated carbocycles. The van der Waals surface area contributed by atoms with Crippen LogP contribution in [-0.4, -0.2) is 16.5 Å². The van der Waals surface area contributed by atoms with Crippen molar-refractivity contribution < 1.29 is 81.8 Å². The third kappa shape index (κ3) is 22.0. The van der Waals surface area contributed by atoms with Crippen molar-refractivity contribution in [3.8, 4) is 0 Å². The van der Waals surface area contributed by atoms with E-state index in [1.165, 1.54) is 0 Å². The molecule has 0 aromatic carbocycles. The molecule has 0 atom stereocenters. The summed E-state index contributed by atoms with van der Waals surface area (Å²) in [5.41, 5.74) is -15.2. The molecule has 1 radical (unpaired) electrons. The van der Waals surface area contributed by atoms with Gasteiger partial charge < -0.3 is 25.3 Å². The minimum absolute atomic E-state index is 0. The van der Waals surface area contributed by atoms with E-state index in [-0.39, 0.29) is 17.1 Å². The first kappa shape index (κ1) is 29.7. The van der Waals surface area contributed by atoms with Gasteiger partial charge in [-0.1, -0.05) is 0 Å². The molecule has 19 heteroatoms. The molecule has 0 aliphatic carbocycles. The number of hydrogen-bond acceptors (Lipinski definition) is 9. The van der Waals surface area contributed by atoms with Gasteiger partial charge in [0.2, 0.25) is 0 Å². The zero-order valence-corrected chi connectivity index (χ0v) is 12.5. The van der Waals surface area contributed by atoms with Crippen LogP contribution in [0.4, 0.5) is 39.5 Å². The molecule has 0 bridgehead atoms. The second kappa shape index (κ2) is 11.3. The first-order valence-electron chi connectivity index (χ1n) is 3.31. The number of hydrogen-bond donors (Lipinski definition) is 0. The summed E-state index contributed by atoms with van der Waals surface area (Å²) in [6.07, 6.45) is 0. The topological polar surface area (TPSA) is 102 Å². The van der Waals surface area contributed by atoms with Gasteiger partial charge in [0.25, 0.3) is 0 Å². The van der Waals surface area contributed by atoms with Crippen molar-refractivity contribution in [2.24, 2.45) is 0 Å². The van der Waals surface area contributed by atoms with Gasteiger partial charge in [-0.15, -0.1) is 0 Å². The molecule has 0 fully saturated rings. The van der Waals surface area contributed by atoms with Crippen molar-refractivity contribution in [1.29, 1.82) is 0 Å². The van der Waals surface area contributed by atoms with Crippen LogP contribution in [0.25, 0.3) is 0 Å². The molecule has 0 aliphatic rings. The summed E-state index contributed by atoms with van der Waals surface area (Å²) in [5, 5.41) is 0. The van der Waals surface area contributed by atoms with Gasteiger partial charge in [0, 0.05) is 32.1 Å². The van der Waals surface area contributed by atoms with E-state index in [9.17, 15) is 39.5 Å². The quantitative estimate of drug-likeness (QED) is 0.316. The maximum absolute atomic E-state index is 10.6. The Morgan fingerprint density at radius 3 is 0.455 bits per heavy atom. The van der Waals surface area contributed by atoms with Crippen LogP contribution in [0.15, 0.2) is 0 Å². The van der Waals surface area contributed by atoms with Crippen LogP contribution in [0.5, 0.6) is 0 Å². The van der Waals surface area contributed by atoms with E-state index in [2.05, 4.69) is 0 Å². The van der Waals surface area contributed by atoms with Crippen molar-refractivity contribution in [3.05, 3.63) is 0 Å². The Kier molecular flexibility index (Phi) is 15.3. The SMILES string of the molecule is O=[S-](=O)C(F)(F)F.O=[S-](=O)C(F)(F)F.O=[S-](=O)C(F)(F)F.[Fe+3]. The molecule has 0 spiro atoms. The van der Waals surface area contributed by atoms with E-state index in [1.807, 2.05) is 0 Å². The van der Waals surface area contributed by atoms with Gasteiger partial charge in [0.15, 0.2) is 0 Å². The molecule has 137 valence electrons. The van der Waals surface area contributed by atoms with Crippen molar-refractivity contribution in [2.45, 2.75) is 16.5 Å². The van der Waals surface area contributed by atoms with Crippen LogP contribution in [0.2, 0.25) is 0 Å². The molecule has 0 rings (SSSR count). The molecule has 0 amide bonds. The minimum Gasteiger partial charge on any atom is -0.416 e. The van der Waals surface area contributed by atoms with E-state index in [4.69, 9.17) is 25.3 Å². The average molecular weight is 455 g/mol. The summed E-state index contributed by atoms with van der Waals surface area (Å²) >= 11 is 0. The van der Waals surface area contributed by atoms with Crippen molar-refractivity contribution in [1.82, 2.24) is 0 Å². The Bertz CT molecular complexity index is 422. The molecule has 0 aromatic heterocycles. The molecule has 0 N–H and O–H groups in total. The van der Waals surface area contributed by atoms with E-state index in [0.29, 0.717) is 0 Å². The van der Waals surface area contributed by atoms with E-state index >= 15 is 0 Å². The third-order valence-electron chi connectivity index (χ3n) is 0.567. The van der Waals surface area contributed by atoms with Crippen LogP contribution >= 0.6 is 0 Å². The zero-order valence-electron chi connectivity index (χ0n) is 8.93. The predicted molar refractivity (Wildman–Crippen MR) is 44.4 cm³/mol. The maximum Gasteiger partial charge on any atom is 3.00 e. The number of halogens is 9. The molecule has 0 saturated heterocycles. The molecular formula is C3F9FeO6S3. The summed E-state index contributed by atoms with van der Waals surface area (Å²) in [6.45, 7) is 0. The Morgan fingerprint density at radius 2 is 0.455 bits per heavy atom. The van der Waals surface area contributed by atoms with Gasteiger partial charge in [-0.25, -0.2) is 0 Å². The molecular weight excluding hydrogens is 455 g/mol. The van der Waals surface area contributed by atoms with Gasteiger partial charge in [0.1, 0.15) is 0 Å². The maximum atomic E-state index is 10.6. The monoisotopic (exact) mass is 455 g/mol. The Hall–Kier alpha value is -0.261. The summed E-state index contributed by atoms with van der Waals surface area (Å²) in [6, 6.07) is 0. The first-order chi connectivity index (χ1) is 8.83. The van der Waals surface area contributed by atoms with Crippen LogP contribution < -0.4 is 0 Å². The number of alkyl halides is 9. The van der Waals surface area contributed by atoms with Gasteiger partial charge >= 0.3 is 33.6 Å². The summed E-state index contributed by atoms with van der Waals surface area (Å²) in [5.74, 6) is 0. The largest absolute Gasteiger partial charge is 3.00 e. The Balaban J connectivity index is -0.000000108. The Morgan fingerprint density at radius 1 is 0.409 bits per heavy atom. The van der Waals surface area contributed by atoms with E-state index in [1.54, 1.807) is 0 Å². The van der Waals surface area contributed by atoms with Crippen LogP contribution in [0.1, 0.15) is 0 Å². The summed E-state index contributed by atoms with van der Waals surface area (Å²) in [4.78, 5) is 0. The number of rotatable bonds is 0. The summed E-state index contributed by atoms with van der Waals surface area (Å²) in [7, 11) is -11.8. The molecule has 0 unspecified atom stereocenters. The molecule has 0 aromatic rings. The fourth-order valence-corrected chi connectivity index (χ4v) is 0. The summed E-state index contributed by atoms with van der Waals surface area (Å²) < 4.78 is 148. The Labute approximate surface area is 131 Å². The minimum atomic E-state index is -5.08. The van der Waals surface area contributed by atoms with E-state index in [0.717, 1.165) is 0 Å². The normalized spacial score (nSPS) is 12.0. The average Bonchev–Trinajstić information content (AvgIpc) is 2.14. The standard InChI is InChI=1S/3CF3O2S.Fe/c3*2-1(3,4)7(5)6;/q3*-1;+3. The molecule has 0 aliphatic heterocycles. The van der Waals surface area contributed by atoms with Gasteiger partial charge in [-0.3, -0.25) is 0 Å². The second-order valence-electron chi connectivity index (χ2n) is 2.04. The fraction of sp³-hybridized carbons (Fsp3) is 1.00. The first-order valence-corrected chi connectivity index (χ1v) is 6.54. The molecule has 6 nitrogen and oxygen atoms in total. The van der Waals surface area contributed by atoms with Crippen molar-refractivity contribution >= 4 is 32.1 Å². The van der Waals surface area contributed by atoms with Gasteiger partial charge in [0.05, 0.1) is 0 Å².